The normalized spacial score (nSPS) is 16.3. The van der Waals surface area contributed by atoms with E-state index in [0.29, 0.717) is 6.17 Å². The van der Waals surface area contributed by atoms with E-state index in [0.717, 1.165) is 0 Å². The number of rotatable bonds is 21. The standard InChI is InChI=1S/C27H54N2/c1-4-7-10-11-12-13-14-15-16-17-18-21-24-29-26-25-28(23-20-9-6-3)27(29)22-19-8-5-2/h25-27H,4-24H2,1-3H3. The molecule has 2 nitrogen and oxygen atoms in total. The summed E-state index contributed by atoms with van der Waals surface area (Å²) in [4.78, 5) is 5.28. The molecule has 0 radical (unpaired) electrons. The van der Waals surface area contributed by atoms with Crippen LogP contribution >= 0.6 is 0 Å². The van der Waals surface area contributed by atoms with Gasteiger partial charge in [0.05, 0.1) is 0 Å². The molecule has 0 fully saturated rings. The van der Waals surface area contributed by atoms with E-state index in [4.69, 9.17) is 0 Å². The summed E-state index contributed by atoms with van der Waals surface area (Å²) >= 11 is 0. The Hall–Kier alpha value is -0.660. The average Bonchev–Trinajstić information content (AvgIpc) is 3.11. The fraction of sp³-hybridized carbons (Fsp3) is 0.926. The van der Waals surface area contributed by atoms with Crippen LogP contribution in [-0.2, 0) is 0 Å². The van der Waals surface area contributed by atoms with Crippen molar-refractivity contribution >= 4 is 0 Å². The topological polar surface area (TPSA) is 6.48 Å². The molecule has 0 aromatic carbocycles. The molecule has 1 unspecified atom stereocenters. The summed E-state index contributed by atoms with van der Waals surface area (Å²) in [5.41, 5.74) is 0. The Labute approximate surface area is 184 Å². The first-order valence-corrected chi connectivity index (χ1v) is 13.5. The van der Waals surface area contributed by atoms with Crippen molar-refractivity contribution < 1.29 is 0 Å². The molecule has 172 valence electrons. The third kappa shape index (κ3) is 13.3. The van der Waals surface area contributed by atoms with Crippen molar-refractivity contribution in [2.45, 2.75) is 149 Å². The Morgan fingerprint density at radius 1 is 0.448 bits per heavy atom. The van der Waals surface area contributed by atoms with Gasteiger partial charge in [-0.25, -0.2) is 0 Å². The zero-order valence-corrected chi connectivity index (χ0v) is 20.5. The lowest BCUT2D eigenvalue weighted by Crippen LogP contribution is -2.39. The Bertz CT molecular complexity index is 366. The second-order valence-electron chi connectivity index (χ2n) is 9.35. The van der Waals surface area contributed by atoms with E-state index in [1.165, 1.54) is 135 Å². The molecule has 1 heterocycles. The summed E-state index contributed by atoms with van der Waals surface area (Å²) in [5, 5.41) is 0. The van der Waals surface area contributed by atoms with Gasteiger partial charge in [-0.3, -0.25) is 0 Å². The van der Waals surface area contributed by atoms with Crippen LogP contribution < -0.4 is 0 Å². The predicted molar refractivity (Wildman–Crippen MR) is 131 cm³/mol. The van der Waals surface area contributed by atoms with E-state index in [1.807, 2.05) is 0 Å². The third-order valence-electron chi connectivity index (χ3n) is 6.57. The lowest BCUT2D eigenvalue weighted by molar-refractivity contribution is 0.136. The van der Waals surface area contributed by atoms with Gasteiger partial charge in [-0.15, -0.1) is 0 Å². The molecule has 0 aromatic rings. The Morgan fingerprint density at radius 3 is 1.28 bits per heavy atom. The van der Waals surface area contributed by atoms with Crippen molar-refractivity contribution in [2.75, 3.05) is 13.1 Å². The van der Waals surface area contributed by atoms with Gasteiger partial charge in [-0.2, -0.15) is 0 Å². The highest BCUT2D eigenvalue weighted by molar-refractivity contribution is 4.96. The van der Waals surface area contributed by atoms with E-state index in [9.17, 15) is 0 Å². The summed E-state index contributed by atoms with van der Waals surface area (Å²) in [5.74, 6) is 0. The molecule has 1 rings (SSSR count). The number of nitrogens with zero attached hydrogens (tertiary/aromatic N) is 2. The first-order valence-electron chi connectivity index (χ1n) is 13.5. The van der Waals surface area contributed by atoms with Crippen molar-refractivity contribution in [1.82, 2.24) is 9.80 Å². The van der Waals surface area contributed by atoms with Crippen molar-refractivity contribution in [2.24, 2.45) is 0 Å². The minimum absolute atomic E-state index is 0.645. The lowest BCUT2D eigenvalue weighted by atomic mass is 10.1. The minimum atomic E-state index is 0.645. The smallest absolute Gasteiger partial charge is 0.101 e. The second kappa shape index (κ2) is 19.3. The fourth-order valence-corrected chi connectivity index (χ4v) is 4.60. The first-order chi connectivity index (χ1) is 14.3. The van der Waals surface area contributed by atoms with Crippen LogP contribution in [0.4, 0.5) is 0 Å². The van der Waals surface area contributed by atoms with Gasteiger partial charge < -0.3 is 9.80 Å². The zero-order valence-electron chi connectivity index (χ0n) is 20.5. The summed E-state index contributed by atoms with van der Waals surface area (Å²) in [6.07, 6.45) is 32.1. The molecule has 0 saturated heterocycles. The highest BCUT2D eigenvalue weighted by atomic mass is 15.4. The quantitative estimate of drug-likeness (QED) is 0.176. The largest absolute Gasteiger partial charge is 0.356 e. The van der Waals surface area contributed by atoms with Gasteiger partial charge in [0, 0.05) is 25.5 Å². The summed E-state index contributed by atoms with van der Waals surface area (Å²) in [6.45, 7) is 9.43. The maximum absolute atomic E-state index is 2.65. The van der Waals surface area contributed by atoms with E-state index in [-0.39, 0.29) is 0 Å². The molecule has 29 heavy (non-hydrogen) atoms. The monoisotopic (exact) mass is 406 g/mol. The van der Waals surface area contributed by atoms with Gasteiger partial charge in [0.25, 0.3) is 0 Å². The SMILES string of the molecule is CCCCCCCCCCCCCCN1C=CN(CCCCC)C1CCCCC. The minimum Gasteiger partial charge on any atom is -0.356 e. The summed E-state index contributed by atoms with van der Waals surface area (Å²) < 4.78 is 0. The number of hydrogen-bond donors (Lipinski definition) is 0. The van der Waals surface area contributed by atoms with Crippen LogP contribution in [0, 0.1) is 0 Å². The molecule has 0 bridgehead atoms. The van der Waals surface area contributed by atoms with Crippen molar-refractivity contribution in [3.05, 3.63) is 12.4 Å². The van der Waals surface area contributed by atoms with Gasteiger partial charge >= 0.3 is 0 Å². The van der Waals surface area contributed by atoms with Crippen LogP contribution in [0.3, 0.4) is 0 Å². The Balaban J connectivity index is 2.09. The summed E-state index contributed by atoms with van der Waals surface area (Å²) in [6, 6.07) is 0. The van der Waals surface area contributed by atoms with Gasteiger partial charge in [0.1, 0.15) is 6.17 Å². The average molecular weight is 407 g/mol. The third-order valence-corrected chi connectivity index (χ3v) is 6.57. The predicted octanol–water partition coefficient (Wildman–Crippen LogP) is 8.87. The van der Waals surface area contributed by atoms with Crippen LogP contribution in [0.5, 0.6) is 0 Å². The molecule has 0 amide bonds. The van der Waals surface area contributed by atoms with Crippen LogP contribution in [0.1, 0.15) is 143 Å². The van der Waals surface area contributed by atoms with Crippen LogP contribution in [0.2, 0.25) is 0 Å². The maximum Gasteiger partial charge on any atom is 0.101 e. The van der Waals surface area contributed by atoms with Gasteiger partial charge in [-0.05, 0) is 25.7 Å². The van der Waals surface area contributed by atoms with Gasteiger partial charge in [0.15, 0.2) is 0 Å². The molecule has 1 aliphatic rings. The van der Waals surface area contributed by atoms with Crippen molar-refractivity contribution in [3.63, 3.8) is 0 Å². The molecule has 0 aromatic heterocycles. The van der Waals surface area contributed by atoms with Gasteiger partial charge in [0.2, 0.25) is 0 Å². The lowest BCUT2D eigenvalue weighted by Gasteiger charge is -2.33. The number of unbranched alkanes of at least 4 members (excludes halogenated alkanes) is 15. The molecule has 1 atom stereocenters. The molecule has 0 saturated carbocycles. The molecular formula is C27H54N2. The molecule has 0 aliphatic carbocycles. The Morgan fingerprint density at radius 2 is 0.793 bits per heavy atom. The van der Waals surface area contributed by atoms with Crippen LogP contribution in [0.15, 0.2) is 12.4 Å². The van der Waals surface area contributed by atoms with E-state index in [2.05, 4.69) is 43.0 Å². The van der Waals surface area contributed by atoms with E-state index >= 15 is 0 Å². The van der Waals surface area contributed by atoms with Crippen molar-refractivity contribution in [1.29, 1.82) is 0 Å². The first kappa shape index (κ1) is 26.4. The molecule has 1 aliphatic heterocycles. The van der Waals surface area contributed by atoms with Gasteiger partial charge in [-0.1, -0.05) is 117 Å². The van der Waals surface area contributed by atoms with Crippen molar-refractivity contribution in [3.8, 4) is 0 Å². The molecular weight excluding hydrogens is 352 g/mol. The fourth-order valence-electron chi connectivity index (χ4n) is 4.60. The van der Waals surface area contributed by atoms with Crippen LogP contribution in [-0.4, -0.2) is 29.1 Å². The Kier molecular flexibility index (Phi) is 17.6. The second-order valence-corrected chi connectivity index (χ2v) is 9.35. The molecule has 0 N–H and O–H groups in total. The maximum atomic E-state index is 2.65. The zero-order chi connectivity index (χ0) is 21.0. The number of hydrogen-bond acceptors (Lipinski definition) is 2. The molecule has 2 heteroatoms. The molecule has 0 spiro atoms. The summed E-state index contributed by atoms with van der Waals surface area (Å²) in [7, 11) is 0. The van der Waals surface area contributed by atoms with Crippen LogP contribution in [0.25, 0.3) is 0 Å². The highest BCUT2D eigenvalue weighted by Crippen LogP contribution is 2.23. The van der Waals surface area contributed by atoms with E-state index < -0.39 is 0 Å². The van der Waals surface area contributed by atoms with E-state index in [1.54, 1.807) is 0 Å². The highest BCUT2D eigenvalue weighted by Gasteiger charge is 2.24.